The fourth-order valence-electron chi connectivity index (χ4n) is 2.57. The van der Waals surface area contributed by atoms with Gasteiger partial charge in [0.15, 0.2) is 0 Å². The molecule has 1 aromatic rings. The van der Waals surface area contributed by atoms with Gasteiger partial charge in [0.2, 0.25) is 0 Å². The molecule has 0 aliphatic heterocycles. The number of carbonyl (C=O) groups excluding carboxylic acids is 1. The minimum absolute atomic E-state index is 0.0322. The first-order valence-electron chi connectivity index (χ1n) is 6.82. The van der Waals surface area contributed by atoms with E-state index in [1.165, 1.54) is 24.6 Å². The maximum atomic E-state index is 13.6. The summed E-state index contributed by atoms with van der Waals surface area (Å²) in [6, 6.07) is 4.20. The quantitative estimate of drug-likeness (QED) is 0.811. The van der Waals surface area contributed by atoms with E-state index in [1.807, 2.05) is 0 Å². The van der Waals surface area contributed by atoms with E-state index in [1.54, 1.807) is 0 Å². The second-order valence-corrected chi connectivity index (χ2v) is 5.84. The first-order valence-corrected chi connectivity index (χ1v) is 7.20. The lowest BCUT2D eigenvalue weighted by atomic mass is 10.0. The molecular weight excluding hydrogens is 265 g/mol. The molecule has 19 heavy (non-hydrogen) atoms. The van der Waals surface area contributed by atoms with Crippen molar-refractivity contribution in [2.45, 2.75) is 45.1 Å². The summed E-state index contributed by atoms with van der Waals surface area (Å²) in [6.45, 7) is 2.24. The minimum Gasteiger partial charge on any atom is -0.349 e. The zero-order valence-electron chi connectivity index (χ0n) is 11.1. The third-order valence-electron chi connectivity index (χ3n) is 3.77. The molecule has 1 saturated carbocycles. The molecule has 0 bridgehead atoms. The highest BCUT2D eigenvalue weighted by Gasteiger charge is 2.20. The van der Waals surface area contributed by atoms with E-state index >= 15 is 0 Å². The van der Waals surface area contributed by atoms with E-state index < -0.39 is 5.82 Å². The summed E-state index contributed by atoms with van der Waals surface area (Å²) in [4.78, 5) is 12.1. The maximum absolute atomic E-state index is 13.6. The minimum atomic E-state index is -0.524. The number of rotatable bonds is 2. The number of hydrogen-bond donors (Lipinski definition) is 1. The van der Waals surface area contributed by atoms with Crippen LogP contribution in [-0.2, 0) is 0 Å². The van der Waals surface area contributed by atoms with Crippen LogP contribution in [0.25, 0.3) is 0 Å². The Bertz CT molecular complexity index is 463. The van der Waals surface area contributed by atoms with Crippen LogP contribution < -0.4 is 5.32 Å². The van der Waals surface area contributed by atoms with Gasteiger partial charge in [-0.1, -0.05) is 31.4 Å². The molecule has 1 fully saturated rings. The lowest BCUT2D eigenvalue weighted by Gasteiger charge is -2.16. The van der Waals surface area contributed by atoms with Crippen LogP contribution in [0.3, 0.4) is 0 Å². The normalized spacial score (nSPS) is 23.7. The van der Waals surface area contributed by atoms with Crippen LogP contribution in [0.5, 0.6) is 0 Å². The van der Waals surface area contributed by atoms with Gasteiger partial charge in [-0.3, -0.25) is 4.79 Å². The van der Waals surface area contributed by atoms with Crippen molar-refractivity contribution in [3.63, 3.8) is 0 Å². The summed E-state index contributed by atoms with van der Waals surface area (Å²) in [5.74, 6) is -0.173. The van der Waals surface area contributed by atoms with Gasteiger partial charge in [0.25, 0.3) is 5.91 Å². The average molecular weight is 284 g/mol. The van der Waals surface area contributed by atoms with Crippen LogP contribution in [0.4, 0.5) is 4.39 Å². The molecule has 2 nitrogen and oxygen atoms in total. The van der Waals surface area contributed by atoms with E-state index in [0.29, 0.717) is 10.9 Å². The topological polar surface area (TPSA) is 29.1 Å². The van der Waals surface area contributed by atoms with Gasteiger partial charge in [-0.15, -0.1) is 0 Å². The molecule has 1 aromatic carbocycles. The zero-order valence-corrected chi connectivity index (χ0v) is 11.8. The Hall–Kier alpha value is -1.09. The molecule has 1 amide bonds. The van der Waals surface area contributed by atoms with Crippen molar-refractivity contribution >= 4 is 17.5 Å². The Labute approximate surface area is 118 Å². The molecule has 0 saturated heterocycles. The van der Waals surface area contributed by atoms with Gasteiger partial charge in [-0.25, -0.2) is 4.39 Å². The highest BCUT2D eigenvalue weighted by molar-refractivity contribution is 6.31. The summed E-state index contributed by atoms with van der Waals surface area (Å²) in [6.07, 6.45) is 5.37. The Kier molecular flexibility index (Phi) is 4.81. The van der Waals surface area contributed by atoms with Crippen LogP contribution in [0.1, 0.15) is 49.4 Å². The van der Waals surface area contributed by atoms with E-state index in [2.05, 4.69) is 12.2 Å². The van der Waals surface area contributed by atoms with Crippen LogP contribution >= 0.6 is 11.6 Å². The molecule has 0 aromatic heterocycles. The predicted molar refractivity (Wildman–Crippen MR) is 74.9 cm³/mol. The molecule has 104 valence electrons. The Morgan fingerprint density at radius 2 is 2.11 bits per heavy atom. The first-order chi connectivity index (χ1) is 9.06. The fraction of sp³-hybridized carbons (Fsp3) is 0.533. The fourth-order valence-corrected chi connectivity index (χ4v) is 2.74. The number of benzene rings is 1. The first kappa shape index (κ1) is 14.3. The Morgan fingerprint density at radius 3 is 2.89 bits per heavy atom. The lowest BCUT2D eigenvalue weighted by Crippen LogP contribution is -2.34. The van der Waals surface area contributed by atoms with E-state index in [0.717, 1.165) is 25.7 Å². The number of halogens is 2. The van der Waals surface area contributed by atoms with Crippen molar-refractivity contribution in [1.82, 2.24) is 5.32 Å². The number of nitrogens with one attached hydrogen (secondary N) is 1. The zero-order chi connectivity index (χ0) is 13.8. The Balaban J connectivity index is 2.02. The predicted octanol–water partition coefficient (Wildman–Crippen LogP) is 4.18. The molecule has 0 heterocycles. The van der Waals surface area contributed by atoms with Gasteiger partial charge in [0, 0.05) is 11.1 Å². The number of carbonyl (C=O) groups is 1. The SMILES string of the molecule is CC1CCCC(NC(=O)c2cc(Cl)ccc2F)CC1. The van der Waals surface area contributed by atoms with Gasteiger partial charge in [-0.05, 0) is 43.4 Å². The highest BCUT2D eigenvalue weighted by Crippen LogP contribution is 2.23. The monoisotopic (exact) mass is 283 g/mol. The van der Waals surface area contributed by atoms with Crippen molar-refractivity contribution in [2.24, 2.45) is 5.92 Å². The molecule has 4 heteroatoms. The smallest absolute Gasteiger partial charge is 0.254 e. The highest BCUT2D eigenvalue weighted by atomic mass is 35.5. The molecular formula is C15H19ClFNO. The summed E-state index contributed by atoms with van der Waals surface area (Å²) < 4.78 is 13.6. The molecule has 2 atom stereocenters. The van der Waals surface area contributed by atoms with Gasteiger partial charge < -0.3 is 5.32 Å². The second-order valence-electron chi connectivity index (χ2n) is 5.41. The van der Waals surface area contributed by atoms with Gasteiger partial charge in [0.1, 0.15) is 5.82 Å². The summed E-state index contributed by atoms with van der Waals surface area (Å²) in [5, 5.41) is 3.30. The molecule has 1 aliphatic rings. The Morgan fingerprint density at radius 1 is 1.32 bits per heavy atom. The standard InChI is InChI=1S/C15H19ClFNO/c1-10-3-2-4-12(7-5-10)18-15(19)13-9-11(16)6-8-14(13)17/h6,8-10,12H,2-5,7H2,1H3,(H,18,19). The number of amides is 1. The largest absolute Gasteiger partial charge is 0.349 e. The van der Waals surface area contributed by atoms with Gasteiger partial charge in [-0.2, -0.15) is 0 Å². The molecule has 2 rings (SSSR count). The van der Waals surface area contributed by atoms with E-state index in [-0.39, 0.29) is 17.5 Å². The molecule has 2 unspecified atom stereocenters. The molecule has 0 spiro atoms. The van der Waals surface area contributed by atoms with Crippen LogP contribution in [-0.4, -0.2) is 11.9 Å². The van der Waals surface area contributed by atoms with Crippen LogP contribution in [0.15, 0.2) is 18.2 Å². The van der Waals surface area contributed by atoms with Crippen molar-refractivity contribution in [3.05, 3.63) is 34.6 Å². The van der Waals surface area contributed by atoms with Crippen molar-refractivity contribution in [3.8, 4) is 0 Å². The number of hydrogen-bond acceptors (Lipinski definition) is 1. The van der Waals surface area contributed by atoms with Crippen molar-refractivity contribution in [1.29, 1.82) is 0 Å². The van der Waals surface area contributed by atoms with E-state index in [9.17, 15) is 9.18 Å². The summed E-state index contributed by atoms with van der Waals surface area (Å²) in [5.41, 5.74) is 0.0322. The van der Waals surface area contributed by atoms with Gasteiger partial charge in [0.05, 0.1) is 5.56 Å². The lowest BCUT2D eigenvalue weighted by molar-refractivity contribution is 0.0929. The van der Waals surface area contributed by atoms with E-state index in [4.69, 9.17) is 11.6 Å². The molecule has 1 N–H and O–H groups in total. The van der Waals surface area contributed by atoms with Gasteiger partial charge >= 0.3 is 0 Å². The third kappa shape index (κ3) is 3.93. The second kappa shape index (κ2) is 6.38. The maximum Gasteiger partial charge on any atom is 0.254 e. The van der Waals surface area contributed by atoms with Crippen molar-refractivity contribution < 1.29 is 9.18 Å². The summed E-state index contributed by atoms with van der Waals surface area (Å²) >= 11 is 5.80. The van der Waals surface area contributed by atoms with Crippen LogP contribution in [0, 0.1) is 11.7 Å². The van der Waals surface area contributed by atoms with Crippen molar-refractivity contribution in [2.75, 3.05) is 0 Å². The third-order valence-corrected chi connectivity index (χ3v) is 4.00. The molecule has 0 radical (unpaired) electrons. The average Bonchev–Trinajstić information content (AvgIpc) is 2.57. The summed E-state index contributed by atoms with van der Waals surface area (Å²) in [7, 11) is 0. The molecule has 1 aliphatic carbocycles. The van der Waals surface area contributed by atoms with Crippen LogP contribution in [0.2, 0.25) is 5.02 Å².